The lowest BCUT2D eigenvalue weighted by Gasteiger charge is -2.07. The van der Waals surface area contributed by atoms with Crippen molar-refractivity contribution >= 4 is 27.4 Å². The Kier molecular flexibility index (Phi) is 4.78. The number of benzene rings is 1. The number of rotatable bonds is 6. The molecule has 8 nitrogen and oxygen atoms in total. The number of carbonyl (C=O) groups is 1. The van der Waals surface area contributed by atoms with E-state index >= 15 is 0 Å². The first-order valence-electron chi connectivity index (χ1n) is 6.26. The van der Waals surface area contributed by atoms with E-state index in [1.54, 1.807) is 6.92 Å². The van der Waals surface area contributed by atoms with Gasteiger partial charge in [0.1, 0.15) is 12.4 Å². The molecule has 0 atom stereocenters. The van der Waals surface area contributed by atoms with Gasteiger partial charge in [0.15, 0.2) is 5.82 Å². The van der Waals surface area contributed by atoms with Crippen molar-refractivity contribution in [2.75, 3.05) is 23.8 Å². The minimum Gasteiger partial charge on any atom is -0.375 e. The van der Waals surface area contributed by atoms with Crippen LogP contribution in [-0.2, 0) is 19.6 Å². The van der Waals surface area contributed by atoms with Gasteiger partial charge in [-0.1, -0.05) is 5.16 Å². The van der Waals surface area contributed by atoms with Gasteiger partial charge in [0.2, 0.25) is 5.91 Å². The standard InChI is InChI=1S/C13H15N3O5S/c1-9-7-12(15-21-9)16-22(18,19)11-5-3-10(4-6-11)14-13(17)8-20-2/h3-7H,8H2,1-2H3,(H,14,17)(H,15,16). The van der Waals surface area contributed by atoms with Crippen molar-refractivity contribution in [1.82, 2.24) is 5.16 Å². The van der Waals surface area contributed by atoms with Gasteiger partial charge in [0, 0.05) is 18.9 Å². The minimum absolute atomic E-state index is 0.0397. The first-order chi connectivity index (χ1) is 10.4. The number of hydrogen-bond acceptors (Lipinski definition) is 6. The number of hydrogen-bond donors (Lipinski definition) is 2. The van der Waals surface area contributed by atoms with Crippen LogP contribution in [0.2, 0.25) is 0 Å². The molecular formula is C13H15N3O5S. The molecule has 0 saturated carbocycles. The first kappa shape index (κ1) is 16.0. The van der Waals surface area contributed by atoms with Crippen molar-refractivity contribution < 1.29 is 22.5 Å². The molecule has 9 heteroatoms. The Balaban J connectivity index is 2.10. The molecule has 2 aromatic rings. The predicted molar refractivity (Wildman–Crippen MR) is 79.0 cm³/mol. The predicted octanol–water partition coefficient (Wildman–Crippen LogP) is 1.37. The zero-order valence-corrected chi connectivity index (χ0v) is 12.8. The van der Waals surface area contributed by atoms with E-state index in [1.807, 2.05) is 0 Å². The van der Waals surface area contributed by atoms with Crippen molar-refractivity contribution in [3.63, 3.8) is 0 Å². The monoisotopic (exact) mass is 325 g/mol. The number of aromatic nitrogens is 1. The summed E-state index contributed by atoms with van der Waals surface area (Å²) in [4.78, 5) is 11.4. The second-order valence-corrected chi connectivity index (χ2v) is 6.12. The zero-order chi connectivity index (χ0) is 16.2. The van der Waals surface area contributed by atoms with Crippen LogP contribution in [0.15, 0.2) is 39.8 Å². The van der Waals surface area contributed by atoms with Crippen LogP contribution >= 0.6 is 0 Å². The highest BCUT2D eigenvalue weighted by Crippen LogP contribution is 2.18. The Morgan fingerprint density at radius 2 is 2.00 bits per heavy atom. The number of sulfonamides is 1. The van der Waals surface area contributed by atoms with Gasteiger partial charge in [-0.3, -0.25) is 9.52 Å². The van der Waals surface area contributed by atoms with Crippen LogP contribution in [0.1, 0.15) is 5.76 Å². The highest BCUT2D eigenvalue weighted by molar-refractivity contribution is 7.92. The van der Waals surface area contributed by atoms with Crippen LogP contribution in [0.3, 0.4) is 0 Å². The topological polar surface area (TPSA) is 111 Å². The summed E-state index contributed by atoms with van der Waals surface area (Å²) in [7, 11) is -2.36. The Morgan fingerprint density at radius 3 is 2.55 bits per heavy atom. The van der Waals surface area contributed by atoms with E-state index in [2.05, 4.69) is 19.9 Å². The number of anilines is 2. The van der Waals surface area contributed by atoms with Crippen molar-refractivity contribution in [3.05, 3.63) is 36.1 Å². The molecule has 0 bridgehead atoms. The van der Waals surface area contributed by atoms with Crippen molar-refractivity contribution in [2.45, 2.75) is 11.8 Å². The van der Waals surface area contributed by atoms with E-state index in [4.69, 9.17) is 4.52 Å². The first-order valence-corrected chi connectivity index (χ1v) is 7.74. The van der Waals surface area contributed by atoms with Crippen molar-refractivity contribution in [2.24, 2.45) is 0 Å². The largest absolute Gasteiger partial charge is 0.375 e. The third kappa shape index (κ3) is 4.06. The average molecular weight is 325 g/mol. The quantitative estimate of drug-likeness (QED) is 0.830. The fourth-order valence-electron chi connectivity index (χ4n) is 1.66. The summed E-state index contributed by atoms with van der Waals surface area (Å²) in [6.45, 7) is 1.58. The molecule has 0 fully saturated rings. The summed E-state index contributed by atoms with van der Waals surface area (Å²) < 4.78 is 36.1. The van der Waals surface area contributed by atoms with Gasteiger partial charge in [-0.25, -0.2) is 8.42 Å². The van der Waals surface area contributed by atoms with Gasteiger partial charge in [0.25, 0.3) is 10.0 Å². The van der Waals surface area contributed by atoms with Crippen LogP contribution in [0, 0.1) is 6.92 Å². The van der Waals surface area contributed by atoms with Crippen LogP contribution in [-0.4, -0.2) is 33.2 Å². The second kappa shape index (κ2) is 6.58. The fourth-order valence-corrected chi connectivity index (χ4v) is 2.64. The van der Waals surface area contributed by atoms with E-state index in [0.717, 1.165) is 0 Å². The lowest BCUT2D eigenvalue weighted by atomic mass is 10.3. The molecule has 0 unspecified atom stereocenters. The molecule has 0 aliphatic rings. The molecule has 2 N–H and O–H groups in total. The maximum absolute atomic E-state index is 12.1. The number of methoxy groups -OCH3 is 1. The minimum atomic E-state index is -3.77. The molecule has 22 heavy (non-hydrogen) atoms. The van der Waals surface area contributed by atoms with Crippen LogP contribution in [0.5, 0.6) is 0 Å². The van der Waals surface area contributed by atoms with Crippen LogP contribution < -0.4 is 10.0 Å². The summed E-state index contributed by atoms with van der Waals surface area (Å²) in [5.74, 6) is 0.276. The molecule has 1 heterocycles. The number of ether oxygens (including phenoxy) is 1. The van der Waals surface area contributed by atoms with E-state index < -0.39 is 10.0 Å². The van der Waals surface area contributed by atoms with Gasteiger partial charge >= 0.3 is 0 Å². The van der Waals surface area contributed by atoms with Gasteiger partial charge in [-0.05, 0) is 31.2 Å². The Bertz CT molecular complexity index is 752. The number of amides is 1. The molecule has 1 aromatic carbocycles. The molecule has 0 aliphatic carbocycles. The molecule has 0 spiro atoms. The Morgan fingerprint density at radius 1 is 1.32 bits per heavy atom. The van der Waals surface area contributed by atoms with Gasteiger partial charge in [-0.2, -0.15) is 0 Å². The molecule has 118 valence electrons. The molecule has 0 radical (unpaired) electrons. The number of aryl methyl sites for hydroxylation is 1. The van der Waals surface area contributed by atoms with Crippen molar-refractivity contribution in [1.29, 1.82) is 0 Å². The van der Waals surface area contributed by atoms with E-state index in [1.165, 1.54) is 37.4 Å². The summed E-state index contributed by atoms with van der Waals surface area (Å²) in [5, 5.41) is 6.14. The normalized spacial score (nSPS) is 11.2. The maximum atomic E-state index is 12.1. The lowest BCUT2D eigenvalue weighted by molar-refractivity contribution is -0.119. The summed E-state index contributed by atoms with van der Waals surface area (Å²) >= 11 is 0. The molecule has 2 rings (SSSR count). The third-order valence-corrected chi connectivity index (χ3v) is 3.96. The van der Waals surface area contributed by atoms with E-state index in [0.29, 0.717) is 11.4 Å². The highest BCUT2D eigenvalue weighted by Gasteiger charge is 2.16. The number of nitrogens with zero attached hydrogens (tertiary/aromatic N) is 1. The SMILES string of the molecule is COCC(=O)Nc1ccc(S(=O)(=O)Nc2cc(C)on2)cc1. The Labute approximate surface area is 127 Å². The lowest BCUT2D eigenvalue weighted by Crippen LogP contribution is -2.17. The van der Waals surface area contributed by atoms with Crippen molar-refractivity contribution in [3.8, 4) is 0 Å². The zero-order valence-electron chi connectivity index (χ0n) is 12.0. The van der Waals surface area contributed by atoms with Crippen LogP contribution in [0.25, 0.3) is 0 Å². The number of carbonyl (C=O) groups excluding carboxylic acids is 1. The molecular weight excluding hydrogens is 310 g/mol. The van der Waals surface area contributed by atoms with E-state index in [9.17, 15) is 13.2 Å². The average Bonchev–Trinajstić information content (AvgIpc) is 2.84. The summed E-state index contributed by atoms with van der Waals surface area (Å²) in [5.41, 5.74) is 0.471. The third-order valence-electron chi connectivity index (χ3n) is 2.59. The molecule has 0 aliphatic heterocycles. The fraction of sp³-hybridized carbons (Fsp3) is 0.231. The molecule has 1 aromatic heterocycles. The molecule has 0 saturated heterocycles. The highest BCUT2D eigenvalue weighted by atomic mass is 32.2. The van der Waals surface area contributed by atoms with E-state index in [-0.39, 0.29) is 23.2 Å². The van der Waals surface area contributed by atoms with Gasteiger partial charge < -0.3 is 14.6 Å². The summed E-state index contributed by atoms with van der Waals surface area (Å²) in [6, 6.07) is 7.18. The summed E-state index contributed by atoms with van der Waals surface area (Å²) in [6.07, 6.45) is 0. The van der Waals surface area contributed by atoms with Gasteiger partial charge in [-0.15, -0.1) is 0 Å². The number of nitrogens with one attached hydrogen (secondary N) is 2. The molecule has 1 amide bonds. The Hall–Kier alpha value is -2.39. The maximum Gasteiger partial charge on any atom is 0.263 e. The smallest absolute Gasteiger partial charge is 0.263 e. The second-order valence-electron chi connectivity index (χ2n) is 4.43. The van der Waals surface area contributed by atoms with Crippen LogP contribution in [0.4, 0.5) is 11.5 Å². The van der Waals surface area contributed by atoms with Gasteiger partial charge in [0.05, 0.1) is 4.90 Å².